The van der Waals surface area contributed by atoms with Crippen molar-refractivity contribution in [3.05, 3.63) is 47.5 Å². The molecule has 6 heteroatoms. The second-order valence-corrected chi connectivity index (χ2v) is 8.19. The van der Waals surface area contributed by atoms with Crippen molar-refractivity contribution in [2.24, 2.45) is 10.9 Å². The van der Waals surface area contributed by atoms with Crippen molar-refractivity contribution in [2.45, 2.75) is 27.2 Å². The van der Waals surface area contributed by atoms with Gasteiger partial charge < -0.3 is 19.3 Å². The molecule has 6 nitrogen and oxygen atoms in total. The molecule has 0 spiro atoms. The summed E-state index contributed by atoms with van der Waals surface area (Å²) in [6.07, 6.45) is 0.901. The van der Waals surface area contributed by atoms with E-state index in [1.807, 2.05) is 62.1 Å². The van der Waals surface area contributed by atoms with Gasteiger partial charge in [0.1, 0.15) is 23.0 Å². The first-order chi connectivity index (χ1) is 14.5. The first-order valence-electron chi connectivity index (χ1n) is 10.6. The zero-order valence-corrected chi connectivity index (χ0v) is 18.1. The molecule has 1 fully saturated rings. The van der Waals surface area contributed by atoms with Crippen molar-refractivity contribution in [3.8, 4) is 17.2 Å². The highest BCUT2D eigenvalue weighted by Crippen LogP contribution is 2.40. The molecule has 0 aromatic heterocycles. The summed E-state index contributed by atoms with van der Waals surface area (Å²) in [5.74, 6) is 3.37. The summed E-state index contributed by atoms with van der Waals surface area (Å²) < 4.78 is 11.7. The van der Waals surface area contributed by atoms with E-state index >= 15 is 0 Å². The van der Waals surface area contributed by atoms with E-state index < -0.39 is 0 Å². The minimum Gasteiger partial charge on any atom is -0.497 e. The van der Waals surface area contributed by atoms with Crippen LogP contribution in [0.3, 0.4) is 0 Å². The fraction of sp³-hybridized carbons (Fsp3) is 0.417. The van der Waals surface area contributed by atoms with Gasteiger partial charge in [-0.05, 0) is 49.2 Å². The van der Waals surface area contributed by atoms with Gasteiger partial charge in [0, 0.05) is 32.1 Å². The summed E-state index contributed by atoms with van der Waals surface area (Å²) in [7, 11) is 1.66. The van der Waals surface area contributed by atoms with Crippen molar-refractivity contribution in [3.63, 3.8) is 0 Å². The Balaban J connectivity index is 1.73. The SMILES string of the molecule is COc1ccc2c(c1)C(N1CCCN(C(=O)C(C)C)CC1)=Nc1ccc(C)cc1O2. The lowest BCUT2D eigenvalue weighted by Gasteiger charge is -2.26. The highest BCUT2D eigenvalue weighted by atomic mass is 16.5. The number of aliphatic imine (C=N–C) groups is 1. The number of fused-ring (bicyclic) bond motifs is 2. The van der Waals surface area contributed by atoms with Crippen LogP contribution in [0.15, 0.2) is 41.4 Å². The Morgan fingerprint density at radius 2 is 1.90 bits per heavy atom. The number of methoxy groups -OCH3 is 1. The average molecular weight is 408 g/mol. The van der Waals surface area contributed by atoms with Crippen LogP contribution in [0.4, 0.5) is 5.69 Å². The fourth-order valence-electron chi connectivity index (χ4n) is 3.94. The molecular weight excluding hydrogens is 378 g/mol. The Morgan fingerprint density at radius 3 is 2.67 bits per heavy atom. The number of aryl methyl sites for hydroxylation is 1. The second-order valence-electron chi connectivity index (χ2n) is 8.19. The van der Waals surface area contributed by atoms with E-state index in [4.69, 9.17) is 14.5 Å². The third-order valence-corrected chi connectivity index (χ3v) is 5.59. The van der Waals surface area contributed by atoms with Crippen LogP contribution in [0.1, 0.15) is 31.4 Å². The lowest BCUT2D eigenvalue weighted by molar-refractivity contribution is -0.134. The van der Waals surface area contributed by atoms with Gasteiger partial charge in [-0.25, -0.2) is 4.99 Å². The molecule has 1 amide bonds. The van der Waals surface area contributed by atoms with E-state index in [1.54, 1.807) is 7.11 Å². The summed E-state index contributed by atoms with van der Waals surface area (Å²) in [4.78, 5) is 21.8. The summed E-state index contributed by atoms with van der Waals surface area (Å²) in [6.45, 7) is 8.99. The van der Waals surface area contributed by atoms with Crippen LogP contribution < -0.4 is 9.47 Å². The summed E-state index contributed by atoms with van der Waals surface area (Å²) >= 11 is 0. The van der Waals surface area contributed by atoms with Crippen molar-refractivity contribution < 1.29 is 14.3 Å². The van der Waals surface area contributed by atoms with Crippen LogP contribution in [0.25, 0.3) is 0 Å². The van der Waals surface area contributed by atoms with Gasteiger partial charge >= 0.3 is 0 Å². The third kappa shape index (κ3) is 3.99. The van der Waals surface area contributed by atoms with Gasteiger partial charge in [-0.15, -0.1) is 0 Å². The van der Waals surface area contributed by atoms with E-state index in [1.165, 1.54) is 0 Å². The summed E-state index contributed by atoms with van der Waals surface area (Å²) in [5.41, 5.74) is 2.84. The zero-order chi connectivity index (χ0) is 21.3. The van der Waals surface area contributed by atoms with Gasteiger partial charge in [0.2, 0.25) is 5.91 Å². The van der Waals surface area contributed by atoms with Crippen LogP contribution >= 0.6 is 0 Å². The average Bonchev–Trinajstić information content (AvgIpc) is 3.07. The normalized spacial score (nSPS) is 16.1. The van der Waals surface area contributed by atoms with E-state index in [0.29, 0.717) is 6.54 Å². The zero-order valence-electron chi connectivity index (χ0n) is 18.1. The molecule has 0 N–H and O–H groups in total. The maximum Gasteiger partial charge on any atom is 0.225 e. The first-order valence-corrected chi connectivity index (χ1v) is 10.6. The molecule has 2 aromatic rings. The minimum absolute atomic E-state index is 0.0141. The molecule has 0 bridgehead atoms. The predicted molar refractivity (Wildman–Crippen MR) is 118 cm³/mol. The van der Waals surface area contributed by atoms with Crippen LogP contribution in [-0.2, 0) is 4.79 Å². The minimum atomic E-state index is 0.0141. The maximum absolute atomic E-state index is 12.5. The quantitative estimate of drug-likeness (QED) is 0.741. The molecule has 1 saturated heterocycles. The van der Waals surface area contributed by atoms with Gasteiger partial charge in [0.15, 0.2) is 5.75 Å². The largest absolute Gasteiger partial charge is 0.497 e. The number of hydrogen-bond donors (Lipinski definition) is 0. The highest BCUT2D eigenvalue weighted by molar-refractivity contribution is 6.04. The third-order valence-electron chi connectivity index (χ3n) is 5.59. The number of ether oxygens (including phenoxy) is 2. The molecule has 30 heavy (non-hydrogen) atoms. The predicted octanol–water partition coefficient (Wildman–Crippen LogP) is 4.38. The standard InChI is InChI=1S/C24H29N3O3/c1-16(2)24(28)27-11-5-10-26(12-13-27)23-19-15-18(29-4)7-9-21(19)30-22-14-17(3)6-8-20(22)25-23/h6-9,14-16H,5,10-13H2,1-4H3. The van der Waals surface area contributed by atoms with Crippen molar-refractivity contribution in [1.82, 2.24) is 9.80 Å². The van der Waals surface area contributed by atoms with Gasteiger partial charge in [-0.2, -0.15) is 0 Å². The molecular formula is C24H29N3O3. The number of amides is 1. The van der Waals surface area contributed by atoms with Gasteiger partial charge in [0.25, 0.3) is 0 Å². The maximum atomic E-state index is 12.5. The fourth-order valence-corrected chi connectivity index (χ4v) is 3.94. The lowest BCUT2D eigenvalue weighted by Crippen LogP contribution is -2.39. The lowest BCUT2D eigenvalue weighted by atomic mass is 10.1. The monoisotopic (exact) mass is 407 g/mol. The molecule has 0 atom stereocenters. The van der Waals surface area contributed by atoms with Crippen molar-refractivity contribution >= 4 is 17.4 Å². The number of benzene rings is 2. The number of carbonyl (C=O) groups is 1. The molecule has 0 saturated carbocycles. The molecule has 158 valence electrons. The Labute approximate surface area is 178 Å². The number of nitrogens with zero attached hydrogens (tertiary/aromatic N) is 3. The second kappa shape index (κ2) is 8.38. The number of hydrogen-bond acceptors (Lipinski definition) is 5. The molecule has 0 aliphatic carbocycles. The van der Waals surface area contributed by atoms with E-state index in [2.05, 4.69) is 4.90 Å². The van der Waals surface area contributed by atoms with E-state index in [9.17, 15) is 4.79 Å². The summed E-state index contributed by atoms with van der Waals surface area (Å²) in [5, 5.41) is 0. The van der Waals surface area contributed by atoms with Crippen LogP contribution in [0, 0.1) is 12.8 Å². The number of carbonyl (C=O) groups excluding carboxylic acids is 1. The van der Waals surface area contributed by atoms with Crippen LogP contribution in [-0.4, -0.2) is 54.8 Å². The van der Waals surface area contributed by atoms with E-state index in [0.717, 1.165) is 66.0 Å². The van der Waals surface area contributed by atoms with E-state index in [-0.39, 0.29) is 11.8 Å². The van der Waals surface area contributed by atoms with Crippen LogP contribution in [0.2, 0.25) is 0 Å². The van der Waals surface area contributed by atoms with Crippen molar-refractivity contribution in [1.29, 1.82) is 0 Å². The van der Waals surface area contributed by atoms with Gasteiger partial charge in [0.05, 0.1) is 12.7 Å². The van der Waals surface area contributed by atoms with Gasteiger partial charge in [-0.3, -0.25) is 4.79 Å². The Bertz CT molecular complexity index is 984. The molecule has 0 radical (unpaired) electrons. The van der Waals surface area contributed by atoms with Crippen molar-refractivity contribution in [2.75, 3.05) is 33.3 Å². The first kappa shape index (κ1) is 20.3. The molecule has 2 aliphatic rings. The molecule has 2 aromatic carbocycles. The topological polar surface area (TPSA) is 54.4 Å². The highest BCUT2D eigenvalue weighted by Gasteiger charge is 2.27. The molecule has 0 unspecified atom stereocenters. The Kier molecular flexibility index (Phi) is 5.66. The number of amidine groups is 1. The smallest absolute Gasteiger partial charge is 0.225 e. The Hall–Kier alpha value is -3.02. The molecule has 4 rings (SSSR count). The molecule has 2 heterocycles. The van der Waals surface area contributed by atoms with Gasteiger partial charge in [-0.1, -0.05) is 19.9 Å². The molecule has 2 aliphatic heterocycles. The number of rotatable bonds is 2. The van der Waals surface area contributed by atoms with Crippen LogP contribution in [0.5, 0.6) is 17.2 Å². The Morgan fingerprint density at radius 1 is 1.07 bits per heavy atom. The summed E-state index contributed by atoms with van der Waals surface area (Å²) in [6, 6.07) is 11.9.